The van der Waals surface area contributed by atoms with Gasteiger partial charge >= 0.3 is 0 Å². The molecular formula is C24H33N5OS. The molecule has 3 fully saturated rings. The van der Waals surface area contributed by atoms with Crippen LogP contribution in [-0.4, -0.2) is 57.0 Å². The molecule has 0 N–H and O–H groups in total. The summed E-state index contributed by atoms with van der Waals surface area (Å²) in [5, 5.41) is 9.88. The molecule has 2 atom stereocenters. The standard InChI is InChI=1S/C24H33N5OS/c1-18-10-12-20(13-11-18)29-23(27-14-4-5-15-27)25-26-24(29)31-17-22(30)28-16-6-8-19-7-2-3-9-21(19)28/h10-13,19,21H,2-9,14-17H2,1H3/t19-,21-/m0/s1. The highest BCUT2D eigenvalue weighted by Crippen LogP contribution is 2.36. The van der Waals surface area contributed by atoms with Gasteiger partial charge in [-0.05, 0) is 63.5 Å². The third kappa shape index (κ3) is 4.34. The fourth-order valence-corrected chi connectivity index (χ4v) is 6.37. The number of anilines is 1. The lowest BCUT2D eigenvalue weighted by Crippen LogP contribution is -2.50. The first-order valence-electron chi connectivity index (χ1n) is 11.9. The number of nitrogens with zero attached hydrogens (tertiary/aromatic N) is 5. The maximum atomic E-state index is 13.2. The minimum Gasteiger partial charge on any atom is -0.341 e. The van der Waals surface area contributed by atoms with E-state index >= 15 is 0 Å². The van der Waals surface area contributed by atoms with Crippen molar-refractivity contribution in [2.45, 2.75) is 69.5 Å². The number of hydrogen-bond donors (Lipinski definition) is 0. The van der Waals surface area contributed by atoms with Crippen LogP contribution in [0.3, 0.4) is 0 Å². The molecule has 0 spiro atoms. The predicted octanol–water partition coefficient (Wildman–Crippen LogP) is 4.45. The number of carbonyl (C=O) groups excluding carboxylic acids is 1. The topological polar surface area (TPSA) is 54.3 Å². The Hall–Kier alpha value is -2.02. The first-order valence-corrected chi connectivity index (χ1v) is 12.9. The summed E-state index contributed by atoms with van der Waals surface area (Å²) in [7, 11) is 0. The minimum atomic E-state index is 0.266. The van der Waals surface area contributed by atoms with Gasteiger partial charge in [0.2, 0.25) is 11.9 Å². The summed E-state index contributed by atoms with van der Waals surface area (Å²) in [5.74, 6) is 2.33. The van der Waals surface area contributed by atoms with E-state index in [4.69, 9.17) is 0 Å². The van der Waals surface area contributed by atoms with Crippen LogP contribution < -0.4 is 4.90 Å². The minimum absolute atomic E-state index is 0.266. The van der Waals surface area contributed by atoms with Crippen molar-refractivity contribution in [1.82, 2.24) is 19.7 Å². The number of carbonyl (C=O) groups is 1. The van der Waals surface area contributed by atoms with Crippen LogP contribution in [0.1, 0.15) is 56.9 Å². The molecule has 1 amide bonds. The van der Waals surface area contributed by atoms with Crippen LogP contribution in [-0.2, 0) is 4.79 Å². The highest BCUT2D eigenvalue weighted by molar-refractivity contribution is 7.99. The third-order valence-corrected chi connectivity index (χ3v) is 8.10. The van der Waals surface area contributed by atoms with Gasteiger partial charge in [-0.3, -0.25) is 9.36 Å². The maximum absolute atomic E-state index is 13.2. The summed E-state index contributed by atoms with van der Waals surface area (Å²) in [4.78, 5) is 17.7. The van der Waals surface area contributed by atoms with E-state index in [1.807, 2.05) is 0 Å². The van der Waals surface area contributed by atoms with Gasteiger partial charge < -0.3 is 9.80 Å². The zero-order valence-electron chi connectivity index (χ0n) is 18.5. The molecule has 3 aliphatic rings. The van der Waals surface area contributed by atoms with E-state index in [0.717, 1.165) is 48.8 Å². The number of hydrogen-bond acceptors (Lipinski definition) is 5. The van der Waals surface area contributed by atoms with Gasteiger partial charge in [0.1, 0.15) is 0 Å². The number of aryl methyl sites for hydroxylation is 1. The van der Waals surface area contributed by atoms with E-state index in [-0.39, 0.29) is 5.91 Å². The lowest BCUT2D eigenvalue weighted by atomic mass is 9.78. The average Bonchev–Trinajstić information content (AvgIpc) is 3.47. The molecule has 1 saturated carbocycles. The van der Waals surface area contributed by atoms with Crippen LogP contribution in [0.5, 0.6) is 0 Å². The van der Waals surface area contributed by atoms with Gasteiger partial charge in [0, 0.05) is 25.7 Å². The van der Waals surface area contributed by atoms with Crippen LogP contribution in [0.25, 0.3) is 5.69 Å². The monoisotopic (exact) mass is 439 g/mol. The molecule has 1 aliphatic carbocycles. The largest absolute Gasteiger partial charge is 0.341 e. The molecule has 2 aromatic rings. The number of thioether (sulfide) groups is 1. The van der Waals surface area contributed by atoms with Crippen LogP contribution in [0.15, 0.2) is 29.4 Å². The van der Waals surface area contributed by atoms with Crippen molar-refractivity contribution in [2.24, 2.45) is 5.92 Å². The van der Waals surface area contributed by atoms with Gasteiger partial charge in [0.05, 0.1) is 11.4 Å². The van der Waals surface area contributed by atoms with E-state index < -0.39 is 0 Å². The summed E-state index contributed by atoms with van der Waals surface area (Å²) < 4.78 is 2.14. The van der Waals surface area contributed by atoms with E-state index in [0.29, 0.717) is 11.8 Å². The molecule has 7 heteroatoms. The Morgan fingerprint density at radius 2 is 1.71 bits per heavy atom. The van der Waals surface area contributed by atoms with Gasteiger partial charge in [0.15, 0.2) is 5.16 Å². The summed E-state index contributed by atoms with van der Waals surface area (Å²) >= 11 is 1.54. The number of rotatable bonds is 5. The van der Waals surface area contributed by atoms with Gasteiger partial charge in [-0.15, -0.1) is 10.2 Å². The summed E-state index contributed by atoms with van der Waals surface area (Å²) in [6, 6.07) is 8.97. The average molecular weight is 440 g/mol. The number of piperidine rings is 1. The Bertz CT molecular complexity index is 903. The molecule has 3 heterocycles. The Morgan fingerprint density at radius 3 is 2.52 bits per heavy atom. The molecule has 166 valence electrons. The molecule has 31 heavy (non-hydrogen) atoms. The normalized spacial score (nSPS) is 23.8. The number of amides is 1. The van der Waals surface area contributed by atoms with E-state index in [1.165, 1.54) is 62.3 Å². The predicted molar refractivity (Wildman–Crippen MR) is 125 cm³/mol. The quantitative estimate of drug-likeness (QED) is 0.644. The van der Waals surface area contributed by atoms with Crippen molar-refractivity contribution in [3.8, 4) is 5.69 Å². The smallest absolute Gasteiger partial charge is 0.233 e. The van der Waals surface area contributed by atoms with Crippen LogP contribution in [0.4, 0.5) is 5.95 Å². The van der Waals surface area contributed by atoms with Gasteiger partial charge in [-0.25, -0.2) is 0 Å². The number of benzene rings is 1. The highest BCUT2D eigenvalue weighted by Gasteiger charge is 2.35. The van der Waals surface area contributed by atoms with Crippen LogP contribution in [0.2, 0.25) is 0 Å². The molecule has 0 radical (unpaired) electrons. The third-order valence-electron chi connectivity index (χ3n) is 7.19. The number of aromatic nitrogens is 3. The highest BCUT2D eigenvalue weighted by atomic mass is 32.2. The van der Waals surface area contributed by atoms with Crippen molar-refractivity contribution >= 4 is 23.6 Å². The van der Waals surface area contributed by atoms with Crippen LogP contribution in [0, 0.1) is 12.8 Å². The van der Waals surface area contributed by atoms with Gasteiger partial charge in [-0.2, -0.15) is 0 Å². The second-order valence-corrected chi connectivity index (χ2v) is 10.2. The molecule has 1 aromatic heterocycles. The fraction of sp³-hybridized carbons (Fsp3) is 0.625. The first-order chi connectivity index (χ1) is 15.2. The van der Waals surface area contributed by atoms with Crippen molar-refractivity contribution < 1.29 is 4.79 Å². The second-order valence-electron chi connectivity index (χ2n) is 9.28. The molecule has 5 rings (SSSR count). The van der Waals surface area contributed by atoms with E-state index in [1.54, 1.807) is 0 Å². The van der Waals surface area contributed by atoms with Crippen molar-refractivity contribution in [2.75, 3.05) is 30.3 Å². The van der Waals surface area contributed by atoms with E-state index in [2.05, 4.69) is 55.8 Å². The zero-order chi connectivity index (χ0) is 21.2. The molecular weight excluding hydrogens is 406 g/mol. The molecule has 2 saturated heterocycles. The molecule has 0 unspecified atom stereocenters. The second kappa shape index (κ2) is 9.23. The lowest BCUT2D eigenvalue weighted by Gasteiger charge is -2.44. The van der Waals surface area contributed by atoms with E-state index in [9.17, 15) is 4.79 Å². The van der Waals surface area contributed by atoms with Crippen molar-refractivity contribution in [3.63, 3.8) is 0 Å². The SMILES string of the molecule is Cc1ccc(-n2c(SCC(=O)N3CCC[C@@H]4CCCC[C@@H]43)nnc2N2CCCC2)cc1. The molecule has 1 aromatic carbocycles. The molecule has 6 nitrogen and oxygen atoms in total. The summed E-state index contributed by atoms with van der Waals surface area (Å²) in [5.41, 5.74) is 2.30. The first kappa shape index (κ1) is 20.9. The van der Waals surface area contributed by atoms with Crippen molar-refractivity contribution in [1.29, 1.82) is 0 Å². The number of likely N-dealkylation sites (tertiary alicyclic amines) is 1. The zero-order valence-corrected chi connectivity index (χ0v) is 19.3. The van der Waals surface area contributed by atoms with Gasteiger partial charge in [-0.1, -0.05) is 42.3 Å². The van der Waals surface area contributed by atoms with Crippen molar-refractivity contribution in [3.05, 3.63) is 29.8 Å². The fourth-order valence-electron chi connectivity index (χ4n) is 5.54. The Kier molecular flexibility index (Phi) is 6.21. The molecule has 0 bridgehead atoms. The lowest BCUT2D eigenvalue weighted by molar-refractivity contribution is -0.134. The Morgan fingerprint density at radius 1 is 0.968 bits per heavy atom. The van der Waals surface area contributed by atoms with Crippen LogP contribution >= 0.6 is 11.8 Å². The molecule has 2 aliphatic heterocycles. The maximum Gasteiger partial charge on any atom is 0.233 e. The van der Waals surface area contributed by atoms with Gasteiger partial charge in [0.25, 0.3) is 0 Å². The summed E-state index contributed by atoms with van der Waals surface area (Å²) in [6.45, 7) is 5.06. The Labute approximate surface area is 189 Å². The number of fused-ring (bicyclic) bond motifs is 1. The summed E-state index contributed by atoms with van der Waals surface area (Å²) in [6.07, 6.45) is 9.90. The Balaban J connectivity index is 1.35.